The summed E-state index contributed by atoms with van der Waals surface area (Å²) in [4.78, 5) is 12.5. The van der Waals surface area contributed by atoms with Crippen LogP contribution in [0.3, 0.4) is 0 Å². The molecule has 1 aromatic rings. The molecule has 7 nitrogen and oxygen atoms in total. The van der Waals surface area contributed by atoms with E-state index in [-0.39, 0.29) is 5.60 Å². The number of rotatable bonds is 8. The molecule has 0 saturated heterocycles. The molecule has 0 aliphatic carbocycles. The van der Waals surface area contributed by atoms with Crippen LogP contribution in [0.5, 0.6) is 6.01 Å². The van der Waals surface area contributed by atoms with Crippen molar-refractivity contribution in [3.05, 3.63) is 0 Å². The molecule has 1 rings (SSSR count). The lowest BCUT2D eigenvalue weighted by Crippen LogP contribution is -2.34. The Morgan fingerprint density at radius 3 is 2.32 bits per heavy atom. The van der Waals surface area contributed by atoms with Crippen molar-refractivity contribution >= 4 is 11.9 Å². The molecule has 0 bridgehead atoms. The molecule has 2 N–H and O–H groups in total. The Morgan fingerprint density at radius 1 is 1.05 bits per heavy atom. The van der Waals surface area contributed by atoms with Crippen molar-refractivity contribution in [2.75, 3.05) is 37.4 Å². The second kappa shape index (κ2) is 7.08. The molecule has 0 saturated carbocycles. The van der Waals surface area contributed by atoms with Crippen LogP contribution in [0.25, 0.3) is 0 Å². The minimum atomic E-state index is -0.285. The van der Waals surface area contributed by atoms with Crippen molar-refractivity contribution < 1.29 is 9.47 Å². The van der Waals surface area contributed by atoms with Gasteiger partial charge in [-0.3, -0.25) is 0 Å². The van der Waals surface area contributed by atoms with Gasteiger partial charge in [-0.25, -0.2) is 0 Å². The van der Waals surface area contributed by atoms with Crippen molar-refractivity contribution in [1.82, 2.24) is 15.0 Å². The standard InChI is InChI=1S/C12H23N5O2/c1-6-18-11-16-9(13-5)15-10(17-11)14-8-12(3,4)19-7-2/h6-8H2,1-5H3,(H2,13,14,15,16,17). The number of aromatic nitrogens is 3. The number of nitrogens with one attached hydrogen (secondary N) is 2. The fourth-order valence-corrected chi connectivity index (χ4v) is 1.47. The predicted octanol–water partition coefficient (Wildman–Crippen LogP) is 1.54. The number of ether oxygens (including phenoxy) is 2. The van der Waals surface area contributed by atoms with Crippen LogP contribution < -0.4 is 15.4 Å². The highest BCUT2D eigenvalue weighted by Gasteiger charge is 2.18. The highest BCUT2D eigenvalue weighted by Crippen LogP contribution is 2.13. The summed E-state index contributed by atoms with van der Waals surface area (Å²) in [6.07, 6.45) is 0. The van der Waals surface area contributed by atoms with E-state index in [1.807, 2.05) is 27.7 Å². The second-order valence-corrected chi connectivity index (χ2v) is 4.49. The monoisotopic (exact) mass is 269 g/mol. The molecule has 19 heavy (non-hydrogen) atoms. The Labute approximate surface area is 114 Å². The van der Waals surface area contributed by atoms with E-state index in [0.717, 1.165) is 0 Å². The zero-order valence-electron chi connectivity index (χ0n) is 12.3. The van der Waals surface area contributed by atoms with Crippen LogP contribution in [-0.2, 0) is 4.74 Å². The number of nitrogens with zero attached hydrogens (tertiary/aromatic N) is 3. The molecule has 1 aromatic heterocycles. The molecule has 7 heteroatoms. The summed E-state index contributed by atoms with van der Waals surface area (Å²) in [5.41, 5.74) is -0.285. The van der Waals surface area contributed by atoms with Gasteiger partial charge in [0.1, 0.15) is 0 Å². The zero-order valence-corrected chi connectivity index (χ0v) is 12.3. The van der Waals surface area contributed by atoms with E-state index in [2.05, 4.69) is 25.6 Å². The predicted molar refractivity (Wildman–Crippen MR) is 74.7 cm³/mol. The SMILES string of the molecule is CCOc1nc(NC)nc(NCC(C)(C)OCC)n1. The normalized spacial score (nSPS) is 11.2. The van der Waals surface area contributed by atoms with Crippen LogP contribution in [0.2, 0.25) is 0 Å². The average molecular weight is 269 g/mol. The molecule has 0 unspecified atom stereocenters. The van der Waals surface area contributed by atoms with Gasteiger partial charge in [0, 0.05) is 20.2 Å². The van der Waals surface area contributed by atoms with E-state index in [1.165, 1.54) is 0 Å². The Kier molecular flexibility index (Phi) is 5.75. The summed E-state index contributed by atoms with van der Waals surface area (Å²) in [5.74, 6) is 0.936. The number of anilines is 2. The third-order valence-electron chi connectivity index (χ3n) is 2.32. The summed E-state index contributed by atoms with van der Waals surface area (Å²) in [6, 6.07) is 0.304. The van der Waals surface area contributed by atoms with E-state index < -0.39 is 0 Å². The van der Waals surface area contributed by atoms with Crippen LogP contribution in [-0.4, -0.2) is 47.4 Å². The average Bonchev–Trinajstić information content (AvgIpc) is 2.36. The summed E-state index contributed by atoms with van der Waals surface area (Å²) >= 11 is 0. The minimum absolute atomic E-state index is 0.285. The fraction of sp³-hybridized carbons (Fsp3) is 0.750. The van der Waals surface area contributed by atoms with Gasteiger partial charge in [-0.05, 0) is 27.7 Å². The molecular weight excluding hydrogens is 246 g/mol. The molecule has 0 spiro atoms. The molecule has 0 radical (unpaired) electrons. The molecule has 108 valence electrons. The molecule has 0 aliphatic heterocycles. The molecule has 0 fully saturated rings. The lowest BCUT2D eigenvalue weighted by atomic mass is 10.1. The van der Waals surface area contributed by atoms with Gasteiger partial charge in [0.25, 0.3) is 0 Å². The first kappa shape index (κ1) is 15.4. The third-order valence-corrected chi connectivity index (χ3v) is 2.32. The highest BCUT2D eigenvalue weighted by molar-refractivity contribution is 5.35. The molecule has 0 amide bonds. The Hall–Kier alpha value is -1.63. The molecule has 0 aliphatic rings. The largest absolute Gasteiger partial charge is 0.464 e. The van der Waals surface area contributed by atoms with Crippen molar-refractivity contribution in [1.29, 1.82) is 0 Å². The van der Waals surface area contributed by atoms with Gasteiger partial charge in [-0.2, -0.15) is 15.0 Å². The van der Waals surface area contributed by atoms with Crippen LogP contribution in [0.1, 0.15) is 27.7 Å². The van der Waals surface area contributed by atoms with Gasteiger partial charge in [0.15, 0.2) is 0 Å². The summed E-state index contributed by atoms with van der Waals surface area (Å²) in [5, 5.41) is 6.01. The maximum Gasteiger partial charge on any atom is 0.323 e. The lowest BCUT2D eigenvalue weighted by molar-refractivity contribution is 0.000567. The third kappa shape index (κ3) is 5.25. The van der Waals surface area contributed by atoms with E-state index in [1.54, 1.807) is 7.05 Å². The topological polar surface area (TPSA) is 81.2 Å². The van der Waals surface area contributed by atoms with Gasteiger partial charge in [0.05, 0.1) is 12.2 Å². The van der Waals surface area contributed by atoms with Gasteiger partial charge in [-0.15, -0.1) is 0 Å². The maximum absolute atomic E-state index is 5.60. The highest BCUT2D eigenvalue weighted by atomic mass is 16.5. The van der Waals surface area contributed by atoms with Crippen LogP contribution >= 0.6 is 0 Å². The number of hydrogen-bond acceptors (Lipinski definition) is 7. The minimum Gasteiger partial charge on any atom is -0.464 e. The summed E-state index contributed by atoms with van der Waals surface area (Å²) < 4.78 is 10.9. The Morgan fingerprint density at radius 2 is 1.74 bits per heavy atom. The second-order valence-electron chi connectivity index (χ2n) is 4.49. The van der Waals surface area contributed by atoms with E-state index in [9.17, 15) is 0 Å². The maximum atomic E-state index is 5.60. The van der Waals surface area contributed by atoms with Crippen LogP contribution in [0, 0.1) is 0 Å². The quantitative estimate of drug-likeness (QED) is 0.740. The van der Waals surface area contributed by atoms with Gasteiger partial charge >= 0.3 is 6.01 Å². The molecule has 0 aromatic carbocycles. The van der Waals surface area contributed by atoms with Crippen molar-refractivity contribution in [3.63, 3.8) is 0 Å². The zero-order chi connectivity index (χ0) is 14.3. The summed E-state index contributed by atoms with van der Waals surface area (Å²) in [7, 11) is 1.75. The molecule has 0 atom stereocenters. The lowest BCUT2D eigenvalue weighted by Gasteiger charge is -2.24. The Balaban J connectivity index is 2.74. The van der Waals surface area contributed by atoms with E-state index in [4.69, 9.17) is 9.47 Å². The van der Waals surface area contributed by atoms with Crippen molar-refractivity contribution in [3.8, 4) is 6.01 Å². The molecular formula is C12H23N5O2. The van der Waals surface area contributed by atoms with Crippen molar-refractivity contribution in [2.24, 2.45) is 0 Å². The van der Waals surface area contributed by atoms with Crippen molar-refractivity contribution in [2.45, 2.75) is 33.3 Å². The van der Waals surface area contributed by atoms with Gasteiger partial charge in [0.2, 0.25) is 11.9 Å². The van der Waals surface area contributed by atoms with E-state index in [0.29, 0.717) is 37.7 Å². The first-order valence-corrected chi connectivity index (χ1v) is 6.45. The fourth-order valence-electron chi connectivity index (χ4n) is 1.47. The Bertz CT molecular complexity index is 398. The van der Waals surface area contributed by atoms with Gasteiger partial charge < -0.3 is 20.1 Å². The molecule has 1 heterocycles. The van der Waals surface area contributed by atoms with Gasteiger partial charge in [-0.1, -0.05) is 0 Å². The van der Waals surface area contributed by atoms with Crippen LogP contribution in [0.4, 0.5) is 11.9 Å². The van der Waals surface area contributed by atoms with E-state index >= 15 is 0 Å². The number of hydrogen-bond donors (Lipinski definition) is 2. The van der Waals surface area contributed by atoms with Crippen LogP contribution in [0.15, 0.2) is 0 Å². The first-order valence-electron chi connectivity index (χ1n) is 6.45. The summed E-state index contributed by atoms with van der Waals surface area (Å²) in [6.45, 7) is 9.64. The first-order chi connectivity index (χ1) is 9.00. The smallest absolute Gasteiger partial charge is 0.323 e.